The van der Waals surface area contributed by atoms with Gasteiger partial charge in [-0.05, 0) is 6.07 Å². The minimum Gasteiger partial charge on any atom is -0.469 e. The van der Waals surface area contributed by atoms with Crippen molar-refractivity contribution in [2.45, 2.75) is 11.9 Å². The van der Waals surface area contributed by atoms with Gasteiger partial charge in [0.15, 0.2) is 0 Å². The van der Waals surface area contributed by atoms with Crippen LogP contribution < -0.4 is 0 Å². The number of imidazole rings is 1. The molecule has 2 heterocycles. The fourth-order valence-electron chi connectivity index (χ4n) is 1.62. The Bertz CT molecular complexity index is 567. The second kappa shape index (κ2) is 5.39. The molecule has 0 aromatic carbocycles. The van der Waals surface area contributed by atoms with Crippen molar-refractivity contribution in [1.29, 1.82) is 0 Å². The summed E-state index contributed by atoms with van der Waals surface area (Å²) in [6.07, 6.45) is 3.52. The Morgan fingerprint density at radius 2 is 2.33 bits per heavy atom. The largest absolute Gasteiger partial charge is 0.469 e. The van der Waals surface area contributed by atoms with E-state index < -0.39 is 0 Å². The molecule has 0 saturated heterocycles. The summed E-state index contributed by atoms with van der Waals surface area (Å²) in [5.41, 5.74) is 1.92. The highest BCUT2D eigenvalue weighted by Crippen LogP contribution is 2.25. The molecular weight excluding hydrogens is 250 g/mol. The third-order valence-corrected chi connectivity index (χ3v) is 3.92. The second-order valence-corrected chi connectivity index (χ2v) is 5.08. The van der Waals surface area contributed by atoms with Crippen LogP contribution in [-0.2, 0) is 16.6 Å². The topological polar surface area (TPSA) is 57.0 Å². The average molecular weight is 265 g/mol. The van der Waals surface area contributed by atoms with E-state index in [1.54, 1.807) is 12.5 Å². The number of aromatic nitrogens is 3. The molecule has 0 N–H and O–H groups in total. The van der Waals surface area contributed by atoms with Crippen molar-refractivity contribution >= 4 is 28.8 Å². The number of esters is 1. The maximum Gasteiger partial charge on any atom is 0.309 e. The number of ether oxygens (including phenoxy) is 1. The third kappa shape index (κ3) is 2.48. The monoisotopic (exact) mass is 265 g/mol. The van der Waals surface area contributed by atoms with Gasteiger partial charge >= 0.3 is 5.97 Å². The van der Waals surface area contributed by atoms with Gasteiger partial charge in [0.1, 0.15) is 10.5 Å². The van der Waals surface area contributed by atoms with Gasteiger partial charge in [-0.15, -0.1) is 11.8 Å². The van der Waals surface area contributed by atoms with Gasteiger partial charge in [-0.25, -0.2) is 9.97 Å². The zero-order valence-corrected chi connectivity index (χ0v) is 11.4. The smallest absolute Gasteiger partial charge is 0.309 e. The summed E-state index contributed by atoms with van der Waals surface area (Å²) < 4.78 is 6.65. The first-order valence-electron chi connectivity index (χ1n) is 5.60. The maximum atomic E-state index is 11.3. The first kappa shape index (κ1) is 12.9. The summed E-state index contributed by atoms with van der Waals surface area (Å²) in [7, 11) is 3.35. The molecule has 0 aliphatic carbocycles. The molecule has 0 spiro atoms. The Morgan fingerprint density at radius 1 is 1.56 bits per heavy atom. The number of rotatable bonds is 4. The van der Waals surface area contributed by atoms with E-state index in [2.05, 4.69) is 9.97 Å². The van der Waals surface area contributed by atoms with E-state index in [1.165, 1.54) is 18.9 Å². The van der Waals surface area contributed by atoms with E-state index >= 15 is 0 Å². The van der Waals surface area contributed by atoms with Gasteiger partial charge in [-0.3, -0.25) is 4.79 Å². The second-order valence-electron chi connectivity index (χ2n) is 4.07. The molecule has 0 bridgehead atoms. The Labute approximate surface area is 110 Å². The number of hydrogen-bond donors (Lipinski definition) is 0. The zero-order valence-electron chi connectivity index (χ0n) is 10.6. The van der Waals surface area contributed by atoms with Crippen LogP contribution in [0.1, 0.15) is 6.92 Å². The molecule has 0 radical (unpaired) electrons. The van der Waals surface area contributed by atoms with E-state index in [4.69, 9.17) is 4.74 Å². The highest BCUT2D eigenvalue weighted by atomic mass is 32.2. The van der Waals surface area contributed by atoms with E-state index in [0.29, 0.717) is 5.75 Å². The molecule has 2 rings (SSSR count). The lowest BCUT2D eigenvalue weighted by atomic mass is 10.2. The number of carbonyl (C=O) groups is 1. The summed E-state index contributed by atoms with van der Waals surface area (Å²) in [5, 5.41) is 0.851. The standard InChI is InChI=1S/C12H15N3O2S/c1-8(12(16)17-3)6-18-11-10-9(4-5-13-11)15(2)7-14-10/h4-5,7-8H,6H2,1-3H3. The van der Waals surface area contributed by atoms with Crippen molar-refractivity contribution in [1.82, 2.24) is 14.5 Å². The van der Waals surface area contributed by atoms with Gasteiger partial charge in [0.05, 0.1) is 24.9 Å². The molecule has 96 valence electrons. The van der Waals surface area contributed by atoms with Gasteiger partial charge in [-0.1, -0.05) is 6.92 Å². The molecule has 0 aliphatic heterocycles. The van der Waals surface area contributed by atoms with Crippen LogP contribution in [0.5, 0.6) is 0 Å². The van der Waals surface area contributed by atoms with Crippen molar-refractivity contribution in [3.05, 3.63) is 18.6 Å². The number of carbonyl (C=O) groups excluding carboxylic acids is 1. The average Bonchev–Trinajstić information content (AvgIpc) is 2.77. The number of aryl methyl sites for hydroxylation is 1. The zero-order chi connectivity index (χ0) is 13.1. The summed E-state index contributed by atoms with van der Waals surface area (Å²) >= 11 is 1.53. The van der Waals surface area contributed by atoms with Gasteiger partial charge in [0.2, 0.25) is 0 Å². The lowest BCUT2D eigenvalue weighted by Crippen LogP contribution is -2.14. The van der Waals surface area contributed by atoms with Crippen molar-refractivity contribution in [3.63, 3.8) is 0 Å². The van der Waals surface area contributed by atoms with Gasteiger partial charge in [0.25, 0.3) is 0 Å². The van der Waals surface area contributed by atoms with Gasteiger partial charge in [0, 0.05) is 19.0 Å². The van der Waals surface area contributed by atoms with Crippen molar-refractivity contribution in [2.24, 2.45) is 13.0 Å². The van der Waals surface area contributed by atoms with Crippen LogP contribution in [0.15, 0.2) is 23.6 Å². The third-order valence-electron chi connectivity index (χ3n) is 2.68. The van der Waals surface area contributed by atoms with Crippen LogP contribution in [0.3, 0.4) is 0 Å². The van der Waals surface area contributed by atoms with Crippen molar-refractivity contribution in [2.75, 3.05) is 12.9 Å². The molecule has 6 heteroatoms. The fraction of sp³-hybridized carbons (Fsp3) is 0.417. The highest BCUT2D eigenvalue weighted by molar-refractivity contribution is 7.99. The molecule has 2 aromatic heterocycles. The molecule has 1 atom stereocenters. The van der Waals surface area contributed by atoms with Crippen molar-refractivity contribution < 1.29 is 9.53 Å². The molecular formula is C12H15N3O2S. The van der Waals surface area contributed by atoms with Crippen LogP contribution in [0.2, 0.25) is 0 Å². The predicted molar refractivity (Wildman–Crippen MR) is 70.4 cm³/mol. The number of hydrogen-bond acceptors (Lipinski definition) is 5. The van der Waals surface area contributed by atoms with Crippen molar-refractivity contribution in [3.8, 4) is 0 Å². The lowest BCUT2D eigenvalue weighted by molar-refractivity contribution is -0.143. The predicted octanol–water partition coefficient (Wildman–Crippen LogP) is 1.87. The summed E-state index contributed by atoms with van der Waals surface area (Å²) in [5.74, 6) is 0.284. The minimum absolute atomic E-state index is 0.152. The number of nitrogens with zero attached hydrogens (tertiary/aromatic N) is 3. The lowest BCUT2D eigenvalue weighted by Gasteiger charge is -2.08. The van der Waals surface area contributed by atoms with Gasteiger partial charge < -0.3 is 9.30 Å². The number of pyridine rings is 1. The molecule has 0 saturated carbocycles. The summed E-state index contributed by atoms with van der Waals surface area (Å²) in [6, 6.07) is 1.93. The maximum absolute atomic E-state index is 11.3. The number of fused-ring (bicyclic) bond motifs is 1. The summed E-state index contributed by atoms with van der Waals surface area (Å²) in [4.78, 5) is 20.0. The molecule has 0 amide bonds. The van der Waals surface area contributed by atoms with E-state index in [-0.39, 0.29) is 11.9 Å². The normalized spacial score (nSPS) is 12.6. The Morgan fingerprint density at radius 3 is 3.06 bits per heavy atom. The Kier molecular flexibility index (Phi) is 3.86. The van der Waals surface area contributed by atoms with Crippen LogP contribution in [0.25, 0.3) is 11.0 Å². The molecule has 1 unspecified atom stereocenters. The van der Waals surface area contributed by atoms with Gasteiger partial charge in [-0.2, -0.15) is 0 Å². The number of thioether (sulfide) groups is 1. The Balaban J connectivity index is 2.15. The molecule has 18 heavy (non-hydrogen) atoms. The van der Waals surface area contributed by atoms with Crippen LogP contribution in [0.4, 0.5) is 0 Å². The summed E-state index contributed by atoms with van der Waals surface area (Å²) in [6.45, 7) is 1.84. The number of methoxy groups -OCH3 is 1. The SMILES string of the molecule is COC(=O)C(C)CSc1nccc2c1ncn2C. The van der Waals surface area contributed by atoms with E-state index in [0.717, 1.165) is 16.1 Å². The molecule has 2 aromatic rings. The molecule has 0 aliphatic rings. The van der Waals surface area contributed by atoms with Crippen LogP contribution >= 0.6 is 11.8 Å². The van der Waals surface area contributed by atoms with Crippen LogP contribution in [-0.4, -0.2) is 33.4 Å². The first-order valence-corrected chi connectivity index (χ1v) is 6.58. The highest BCUT2D eigenvalue weighted by Gasteiger charge is 2.15. The Hall–Kier alpha value is -1.56. The van der Waals surface area contributed by atoms with E-state index in [1.807, 2.05) is 24.6 Å². The minimum atomic E-state index is -0.198. The fourth-order valence-corrected chi connectivity index (χ4v) is 2.59. The molecule has 5 nitrogen and oxygen atoms in total. The van der Waals surface area contributed by atoms with E-state index in [9.17, 15) is 4.79 Å². The first-order chi connectivity index (χ1) is 8.63. The van der Waals surface area contributed by atoms with Crippen LogP contribution in [0, 0.1) is 5.92 Å². The molecule has 0 fully saturated rings. The quantitative estimate of drug-likeness (QED) is 0.624.